The first-order valence-corrected chi connectivity index (χ1v) is 11.8. The van der Waals surface area contributed by atoms with E-state index in [9.17, 15) is 9.59 Å². The van der Waals surface area contributed by atoms with E-state index in [1.54, 1.807) is 28.8 Å². The van der Waals surface area contributed by atoms with Crippen LogP contribution in [0.4, 0.5) is 5.69 Å². The van der Waals surface area contributed by atoms with Gasteiger partial charge in [-0.25, -0.2) is 0 Å². The lowest BCUT2D eigenvalue weighted by atomic mass is 10.1. The Hall–Kier alpha value is -3.03. The Morgan fingerprint density at radius 3 is 2.41 bits per heavy atom. The molecule has 1 aromatic heterocycles. The predicted octanol–water partition coefficient (Wildman–Crippen LogP) is 3.92. The van der Waals surface area contributed by atoms with Gasteiger partial charge in [0.2, 0.25) is 5.91 Å². The molecular formula is C25H25N3O3S. The number of amides is 2. The number of carbonyl (C=O) groups excluding carboxylic acids is 2. The van der Waals surface area contributed by atoms with Gasteiger partial charge in [-0.15, -0.1) is 11.8 Å². The number of hydrogen-bond acceptors (Lipinski definition) is 5. The van der Waals surface area contributed by atoms with Crippen molar-refractivity contribution in [3.63, 3.8) is 0 Å². The quantitative estimate of drug-likeness (QED) is 0.607. The molecule has 32 heavy (non-hydrogen) atoms. The van der Waals surface area contributed by atoms with Gasteiger partial charge in [0.25, 0.3) is 5.91 Å². The first-order chi connectivity index (χ1) is 15.7. The van der Waals surface area contributed by atoms with Crippen LogP contribution in [0, 0.1) is 0 Å². The molecule has 0 bridgehead atoms. The van der Waals surface area contributed by atoms with Gasteiger partial charge in [-0.1, -0.05) is 42.5 Å². The molecule has 164 valence electrons. The zero-order chi connectivity index (χ0) is 21.9. The number of furan rings is 1. The molecule has 0 N–H and O–H groups in total. The lowest BCUT2D eigenvalue weighted by Gasteiger charge is -2.39. The van der Waals surface area contributed by atoms with Crippen LogP contribution in [0.1, 0.15) is 22.2 Å². The Bertz CT molecular complexity index is 1080. The number of anilines is 1. The van der Waals surface area contributed by atoms with E-state index in [1.807, 2.05) is 41.3 Å². The van der Waals surface area contributed by atoms with Gasteiger partial charge in [-0.05, 0) is 29.8 Å². The van der Waals surface area contributed by atoms with Crippen LogP contribution in [-0.4, -0.2) is 60.1 Å². The normalized spacial score (nSPS) is 18.9. The van der Waals surface area contributed by atoms with Gasteiger partial charge in [0.1, 0.15) is 0 Å². The summed E-state index contributed by atoms with van der Waals surface area (Å²) in [5.41, 5.74) is 2.13. The third kappa shape index (κ3) is 4.18. The maximum absolute atomic E-state index is 13.6. The molecule has 2 aliphatic heterocycles. The molecule has 3 aromatic rings. The number of fused-ring (bicyclic) bond motifs is 1. The van der Waals surface area contributed by atoms with E-state index in [2.05, 4.69) is 23.1 Å². The maximum Gasteiger partial charge on any atom is 0.289 e. The third-order valence-electron chi connectivity index (χ3n) is 6.04. The summed E-state index contributed by atoms with van der Waals surface area (Å²) in [6, 6.07) is 21.8. The van der Waals surface area contributed by atoms with Gasteiger partial charge in [0.15, 0.2) is 5.76 Å². The minimum Gasteiger partial charge on any atom is -0.459 e. The molecule has 6 nitrogen and oxygen atoms in total. The molecule has 0 aliphatic carbocycles. The number of rotatable bonds is 4. The average molecular weight is 448 g/mol. The smallest absolute Gasteiger partial charge is 0.289 e. The summed E-state index contributed by atoms with van der Waals surface area (Å²) in [6.07, 6.45) is 1.51. The van der Waals surface area contributed by atoms with Gasteiger partial charge in [-0.2, -0.15) is 0 Å². The van der Waals surface area contributed by atoms with Crippen LogP contribution in [0.15, 0.2) is 82.3 Å². The third-order valence-corrected chi connectivity index (χ3v) is 7.18. The van der Waals surface area contributed by atoms with Gasteiger partial charge < -0.3 is 14.2 Å². The summed E-state index contributed by atoms with van der Waals surface area (Å²) in [5, 5.41) is 0. The van der Waals surface area contributed by atoms with Crippen molar-refractivity contribution in [2.45, 2.75) is 10.9 Å². The van der Waals surface area contributed by atoms with E-state index in [-0.39, 0.29) is 17.9 Å². The van der Waals surface area contributed by atoms with E-state index in [1.165, 1.54) is 6.26 Å². The molecule has 2 aliphatic rings. The second-order valence-electron chi connectivity index (χ2n) is 8.01. The lowest BCUT2D eigenvalue weighted by Crippen LogP contribution is -2.52. The Balaban J connectivity index is 1.30. The van der Waals surface area contributed by atoms with Crippen LogP contribution in [0.2, 0.25) is 0 Å². The highest BCUT2D eigenvalue weighted by Crippen LogP contribution is 2.43. The summed E-state index contributed by atoms with van der Waals surface area (Å²) in [7, 11) is 0. The standard InChI is InChI=1S/C25H25N3O3S/c29-24(17-26-12-14-27(15-13-26)25(30)22-10-6-16-31-22)28-20-9-4-5-11-23(20)32-18-21(28)19-7-2-1-3-8-19/h1-11,16,21H,12-15,17-18H2. The fraction of sp³-hybridized carbons (Fsp3) is 0.280. The Labute approximate surface area is 191 Å². The summed E-state index contributed by atoms with van der Waals surface area (Å²) in [6.45, 7) is 2.84. The van der Waals surface area contributed by atoms with Crippen molar-refractivity contribution in [2.75, 3.05) is 43.4 Å². The summed E-state index contributed by atoms with van der Waals surface area (Å²) in [4.78, 5) is 33.1. The molecule has 2 amide bonds. The van der Waals surface area contributed by atoms with E-state index < -0.39 is 0 Å². The first kappa shape index (κ1) is 20.8. The number of para-hydroxylation sites is 1. The highest BCUT2D eigenvalue weighted by Gasteiger charge is 2.34. The Kier molecular flexibility index (Phi) is 6.01. The molecular weight excluding hydrogens is 422 g/mol. The molecule has 7 heteroatoms. The van der Waals surface area contributed by atoms with Crippen LogP contribution >= 0.6 is 11.8 Å². The topological polar surface area (TPSA) is 57.0 Å². The van der Waals surface area contributed by atoms with Gasteiger partial charge in [0, 0.05) is 36.8 Å². The molecule has 0 radical (unpaired) electrons. The number of piperazine rings is 1. The van der Waals surface area contributed by atoms with E-state index >= 15 is 0 Å². The molecule has 1 fully saturated rings. The summed E-state index contributed by atoms with van der Waals surface area (Å²) < 4.78 is 5.24. The van der Waals surface area contributed by atoms with Crippen molar-refractivity contribution in [3.05, 3.63) is 84.3 Å². The van der Waals surface area contributed by atoms with Crippen LogP contribution in [-0.2, 0) is 4.79 Å². The number of thioether (sulfide) groups is 1. The monoisotopic (exact) mass is 447 g/mol. The average Bonchev–Trinajstić information content (AvgIpc) is 3.39. The highest BCUT2D eigenvalue weighted by atomic mass is 32.2. The Morgan fingerprint density at radius 2 is 1.66 bits per heavy atom. The fourth-order valence-corrected chi connectivity index (χ4v) is 5.52. The van der Waals surface area contributed by atoms with Gasteiger partial charge in [-0.3, -0.25) is 14.5 Å². The number of hydrogen-bond donors (Lipinski definition) is 0. The van der Waals surface area contributed by atoms with E-state index in [4.69, 9.17) is 4.42 Å². The van der Waals surface area contributed by atoms with Crippen LogP contribution in [0.3, 0.4) is 0 Å². The molecule has 0 saturated carbocycles. The molecule has 1 unspecified atom stereocenters. The number of benzene rings is 2. The lowest BCUT2D eigenvalue weighted by molar-refractivity contribution is -0.120. The summed E-state index contributed by atoms with van der Waals surface area (Å²) >= 11 is 1.80. The molecule has 0 spiro atoms. The SMILES string of the molecule is O=C(c1ccco1)N1CCN(CC(=O)N2c3ccccc3SCC2c2ccccc2)CC1. The Morgan fingerprint density at radius 1 is 0.906 bits per heavy atom. The van der Waals surface area contributed by atoms with Crippen molar-refractivity contribution in [3.8, 4) is 0 Å². The van der Waals surface area contributed by atoms with Crippen molar-refractivity contribution in [1.29, 1.82) is 0 Å². The largest absolute Gasteiger partial charge is 0.459 e. The predicted molar refractivity (Wildman–Crippen MR) is 125 cm³/mol. The minimum absolute atomic E-state index is 0.00502. The number of carbonyl (C=O) groups is 2. The minimum atomic E-state index is -0.0906. The van der Waals surface area contributed by atoms with E-state index in [0.29, 0.717) is 38.5 Å². The molecule has 2 aromatic carbocycles. The molecule has 5 rings (SSSR count). The fourth-order valence-electron chi connectivity index (χ4n) is 4.35. The second-order valence-corrected chi connectivity index (χ2v) is 9.08. The van der Waals surface area contributed by atoms with E-state index in [0.717, 1.165) is 21.9 Å². The van der Waals surface area contributed by atoms with Gasteiger partial charge >= 0.3 is 0 Å². The maximum atomic E-state index is 13.6. The first-order valence-electron chi connectivity index (χ1n) is 10.8. The van der Waals surface area contributed by atoms with Crippen LogP contribution < -0.4 is 4.90 Å². The number of nitrogens with zero attached hydrogens (tertiary/aromatic N) is 3. The zero-order valence-corrected chi connectivity index (χ0v) is 18.5. The molecule has 1 saturated heterocycles. The zero-order valence-electron chi connectivity index (χ0n) is 17.7. The molecule has 1 atom stereocenters. The van der Waals surface area contributed by atoms with Crippen LogP contribution in [0.25, 0.3) is 0 Å². The van der Waals surface area contributed by atoms with Crippen molar-refractivity contribution < 1.29 is 14.0 Å². The van der Waals surface area contributed by atoms with Crippen molar-refractivity contribution in [1.82, 2.24) is 9.80 Å². The van der Waals surface area contributed by atoms with Crippen molar-refractivity contribution >= 4 is 29.3 Å². The van der Waals surface area contributed by atoms with Crippen molar-refractivity contribution in [2.24, 2.45) is 0 Å². The molecule has 3 heterocycles. The van der Waals surface area contributed by atoms with Gasteiger partial charge in [0.05, 0.1) is 24.5 Å². The van der Waals surface area contributed by atoms with Crippen LogP contribution in [0.5, 0.6) is 0 Å². The highest BCUT2D eigenvalue weighted by molar-refractivity contribution is 7.99. The second kappa shape index (κ2) is 9.22. The summed E-state index contributed by atoms with van der Waals surface area (Å²) in [5.74, 6) is 1.20.